The zero-order valence-corrected chi connectivity index (χ0v) is 9.38. The predicted molar refractivity (Wildman–Crippen MR) is 57.3 cm³/mol. The molecule has 5 heteroatoms. The van der Waals surface area contributed by atoms with Gasteiger partial charge in [0.2, 0.25) is 11.8 Å². The summed E-state index contributed by atoms with van der Waals surface area (Å²) >= 11 is 0. The van der Waals surface area contributed by atoms with Gasteiger partial charge in [0.15, 0.2) is 0 Å². The summed E-state index contributed by atoms with van der Waals surface area (Å²) in [6, 6.07) is -0.220. The smallest absolute Gasteiger partial charge is 0.237 e. The van der Waals surface area contributed by atoms with Gasteiger partial charge < -0.3 is 10.6 Å². The first kappa shape index (κ1) is 12.0. The molecule has 1 aliphatic rings. The monoisotopic (exact) mass is 213 g/mol. The number of nitrogens with zero attached hydrogens (tertiary/aromatic N) is 1. The van der Waals surface area contributed by atoms with E-state index in [1.165, 1.54) is 0 Å². The van der Waals surface area contributed by atoms with Gasteiger partial charge in [0.25, 0.3) is 0 Å². The Morgan fingerprint density at radius 1 is 1.67 bits per heavy atom. The van der Waals surface area contributed by atoms with E-state index in [1.807, 2.05) is 18.7 Å². The maximum atomic E-state index is 11.6. The van der Waals surface area contributed by atoms with Crippen molar-refractivity contribution in [2.24, 2.45) is 0 Å². The molecule has 1 saturated heterocycles. The average molecular weight is 213 g/mol. The van der Waals surface area contributed by atoms with E-state index in [9.17, 15) is 9.59 Å². The molecule has 86 valence electrons. The van der Waals surface area contributed by atoms with Crippen LogP contribution in [0.4, 0.5) is 0 Å². The lowest BCUT2D eigenvalue weighted by atomic mass is 10.2. The van der Waals surface area contributed by atoms with Gasteiger partial charge in [-0.1, -0.05) is 6.92 Å². The van der Waals surface area contributed by atoms with Gasteiger partial charge in [0.05, 0.1) is 12.6 Å². The molecule has 1 rings (SSSR count). The summed E-state index contributed by atoms with van der Waals surface area (Å²) in [4.78, 5) is 24.6. The fraction of sp³-hybridized carbons (Fsp3) is 0.800. The molecule has 1 aliphatic heterocycles. The van der Waals surface area contributed by atoms with Crippen LogP contribution in [0.15, 0.2) is 0 Å². The summed E-state index contributed by atoms with van der Waals surface area (Å²) < 4.78 is 0. The van der Waals surface area contributed by atoms with Gasteiger partial charge in [-0.15, -0.1) is 0 Å². The van der Waals surface area contributed by atoms with Crippen molar-refractivity contribution in [3.63, 3.8) is 0 Å². The molecule has 15 heavy (non-hydrogen) atoms. The van der Waals surface area contributed by atoms with Crippen molar-refractivity contribution in [2.45, 2.75) is 26.3 Å². The SMILES string of the molecule is CCCNC(=O)C(C)N1CCNC(=O)C1. The summed E-state index contributed by atoms with van der Waals surface area (Å²) in [7, 11) is 0. The van der Waals surface area contributed by atoms with Crippen molar-refractivity contribution in [1.29, 1.82) is 0 Å². The molecule has 1 atom stereocenters. The second-order valence-electron chi connectivity index (χ2n) is 3.79. The van der Waals surface area contributed by atoms with Crippen LogP contribution in [0, 0.1) is 0 Å². The van der Waals surface area contributed by atoms with E-state index in [1.54, 1.807) is 0 Å². The van der Waals surface area contributed by atoms with Crippen LogP contribution in [0.1, 0.15) is 20.3 Å². The van der Waals surface area contributed by atoms with Crippen molar-refractivity contribution in [2.75, 3.05) is 26.2 Å². The fourth-order valence-corrected chi connectivity index (χ4v) is 1.55. The molecule has 0 aromatic rings. The summed E-state index contributed by atoms with van der Waals surface area (Å²) in [5.74, 6) is 0.00272. The zero-order valence-electron chi connectivity index (χ0n) is 9.38. The van der Waals surface area contributed by atoms with Gasteiger partial charge in [-0.3, -0.25) is 14.5 Å². The Kier molecular flexibility index (Phi) is 4.55. The van der Waals surface area contributed by atoms with Crippen molar-refractivity contribution in [3.8, 4) is 0 Å². The van der Waals surface area contributed by atoms with Crippen LogP contribution < -0.4 is 10.6 Å². The first-order valence-corrected chi connectivity index (χ1v) is 5.43. The van der Waals surface area contributed by atoms with Gasteiger partial charge in [-0.2, -0.15) is 0 Å². The number of nitrogens with one attached hydrogen (secondary N) is 2. The molecule has 0 aromatic carbocycles. The third-order valence-electron chi connectivity index (χ3n) is 2.54. The normalized spacial score (nSPS) is 19.5. The Morgan fingerprint density at radius 3 is 3.00 bits per heavy atom. The third-order valence-corrected chi connectivity index (χ3v) is 2.54. The maximum absolute atomic E-state index is 11.6. The lowest BCUT2D eigenvalue weighted by Crippen LogP contribution is -2.55. The number of piperazine rings is 1. The fourth-order valence-electron chi connectivity index (χ4n) is 1.55. The molecule has 2 N–H and O–H groups in total. The van der Waals surface area contributed by atoms with E-state index < -0.39 is 0 Å². The minimum absolute atomic E-state index is 0.00334. The highest BCUT2D eigenvalue weighted by Gasteiger charge is 2.25. The molecule has 0 radical (unpaired) electrons. The number of hydrogen-bond donors (Lipinski definition) is 2. The molecule has 0 bridgehead atoms. The molecule has 1 heterocycles. The van der Waals surface area contributed by atoms with E-state index in [0.29, 0.717) is 19.6 Å². The number of hydrogen-bond acceptors (Lipinski definition) is 3. The summed E-state index contributed by atoms with van der Waals surface area (Å²) in [6.07, 6.45) is 0.930. The van der Waals surface area contributed by atoms with Gasteiger partial charge in [0, 0.05) is 19.6 Å². The molecule has 5 nitrogen and oxygen atoms in total. The van der Waals surface area contributed by atoms with Gasteiger partial charge in [-0.05, 0) is 13.3 Å². The largest absolute Gasteiger partial charge is 0.355 e. The topological polar surface area (TPSA) is 61.4 Å². The minimum Gasteiger partial charge on any atom is -0.355 e. The minimum atomic E-state index is -0.220. The standard InChI is InChI=1S/C10H19N3O2/c1-3-4-12-10(15)8(2)13-6-5-11-9(14)7-13/h8H,3-7H2,1-2H3,(H,11,14)(H,12,15). The maximum Gasteiger partial charge on any atom is 0.237 e. The Morgan fingerprint density at radius 2 is 2.40 bits per heavy atom. The van der Waals surface area contributed by atoms with E-state index >= 15 is 0 Å². The summed E-state index contributed by atoms with van der Waals surface area (Å²) in [6.45, 7) is 6.24. The zero-order chi connectivity index (χ0) is 11.3. The number of amides is 2. The van der Waals surface area contributed by atoms with E-state index in [0.717, 1.165) is 13.0 Å². The molecule has 1 fully saturated rings. The van der Waals surface area contributed by atoms with Crippen LogP contribution in [0.3, 0.4) is 0 Å². The lowest BCUT2D eigenvalue weighted by Gasteiger charge is -2.31. The number of carbonyl (C=O) groups is 2. The van der Waals surface area contributed by atoms with Gasteiger partial charge in [0.1, 0.15) is 0 Å². The van der Waals surface area contributed by atoms with Gasteiger partial charge in [-0.25, -0.2) is 0 Å². The van der Waals surface area contributed by atoms with Crippen LogP contribution >= 0.6 is 0 Å². The van der Waals surface area contributed by atoms with Crippen molar-refractivity contribution < 1.29 is 9.59 Å². The molecule has 0 saturated carbocycles. The molecule has 0 spiro atoms. The van der Waals surface area contributed by atoms with Crippen molar-refractivity contribution in [3.05, 3.63) is 0 Å². The van der Waals surface area contributed by atoms with Crippen molar-refractivity contribution in [1.82, 2.24) is 15.5 Å². The van der Waals surface area contributed by atoms with Crippen LogP contribution in [0.2, 0.25) is 0 Å². The summed E-state index contributed by atoms with van der Waals surface area (Å²) in [5, 5.41) is 5.57. The Labute approximate surface area is 90.2 Å². The first-order chi connectivity index (χ1) is 7.15. The highest BCUT2D eigenvalue weighted by molar-refractivity contribution is 5.83. The highest BCUT2D eigenvalue weighted by atomic mass is 16.2. The van der Waals surface area contributed by atoms with Gasteiger partial charge >= 0.3 is 0 Å². The molecule has 0 aromatic heterocycles. The second kappa shape index (κ2) is 5.70. The average Bonchev–Trinajstić information content (AvgIpc) is 2.24. The highest BCUT2D eigenvalue weighted by Crippen LogP contribution is 2.01. The van der Waals surface area contributed by atoms with Crippen LogP contribution in [0.25, 0.3) is 0 Å². The Hall–Kier alpha value is -1.10. The van der Waals surface area contributed by atoms with E-state index in [-0.39, 0.29) is 17.9 Å². The summed E-state index contributed by atoms with van der Waals surface area (Å²) in [5.41, 5.74) is 0. The van der Waals surface area contributed by atoms with Crippen LogP contribution in [-0.2, 0) is 9.59 Å². The third kappa shape index (κ3) is 3.51. The lowest BCUT2D eigenvalue weighted by molar-refractivity contribution is -0.130. The van der Waals surface area contributed by atoms with Crippen molar-refractivity contribution >= 4 is 11.8 Å². The quantitative estimate of drug-likeness (QED) is 0.651. The van der Waals surface area contributed by atoms with Crippen LogP contribution in [0.5, 0.6) is 0 Å². The Bertz CT molecular complexity index is 243. The van der Waals surface area contributed by atoms with Crippen LogP contribution in [-0.4, -0.2) is 48.9 Å². The molecular weight excluding hydrogens is 194 g/mol. The molecule has 2 amide bonds. The molecular formula is C10H19N3O2. The predicted octanol–water partition coefficient (Wildman–Crippen LogP) is -0.667. The van der Waals surface area contributed by atoms with E-state index in [2.05, 4.69) is 10.6 Å². The molecule has 1 unspecified atom stereocenters. The number of carbonyl (C=O) groups excluding carboxylic acids is 2. The number of rotatable bonds is 4. The Balaban J connectivity index is 2.40. The second-order valence-corrected chi connectivity index (χ2v) is 3.79. The first-order valence-electron chi connectivity index (χ1n) is 5.43. The van der Waals surface area contributed by atoms with E-state index in [4.69, 9.17) is 0 Å². The molecule has 0 aliphatic carbocycles.